The van der Waals surface area contributed by atoms with Gasteiger partial charge in [0.1, 0.15) is 6.54 Å². The zero-order valence-electron chi connectivity index (χ0n) is 20.7. The van der Waals surface area contributed by atoms with Crippen LogP contribution in [0.2, 0.25) is 0 Å². The van der Waals surface area contributed by atoms with Crippen LogP contribution in [0.1, 0.15) is 130 Å². The molecular formula is C27H53N2O+. The number of nitrogens with zero attached hydrogens (tertiary/aromatic N) is 2. The van der Waals surface area contributed by atoms with Crippen LogP contribution in [0.3, 0.4) is 0 Å². The van der Waals surface area contributed by atoms with Crippen LogP contribution in [0.4, 0.5) is 0 Å². The Labute approximate surface area is 188 Å². The Kier molecular flexibility index (Phi) is 16.4. The minimum atomic E-state index is -0.324. The second kappa shape index (κ2) is 18.0. The Bertz CT molecular complexity index is 458. The molecule has 0 aromatic carbocycles. The fourth-order valence-electron chi connectivity index (χ4n) is 4.82. The highest BCUT2D eigenvalue weighted by Gasteiger charge is 2.40. The molecule has 1 N–H and O–H groups in total. The molecule has 0 saturated carbocycles. The summed E-state index contributed by atoms with van der Waals surface area (Å²) < 4.78 is 0.707. The van der Waals surface area contributed by atoms with Gasteiger partial charge in [-0.1, -0.05) is 89.7 Å². The second-order valence-corrected chi connectivity index (χ2v) is 9.40. The van der Waals surface area contributed by atoms with Gasteiger partial charge in [0.15, 0.2) is 6.23 Å². The summed E-state index contributed by atoms with van der Waals surface area (Å²) in [6, 6.07) is 0. The van der Waals surface area contributed by atoms with Gasteiger partial charge in [-0.2, -0.15) is 0 Å². The molecule has 0 fully saturated rings. The van der Waals surface area contributed by atoms with Gasteiger partial charge in [-0.05, 0) is 39.0 Å². The SMILES string of the molecule is CCCCCCCCCCCCC/C=C/CCCCCC1=NCC[N+]1(CC)C(C)O. The van der Waals surface area contributed by atoms with E-state index in [4.69, 9.17) is 4.99 Å². The minimum absolute atomic E-state index is 0.324. The quantitative estimate of drug-likeness (QED) is 0.121. The molecule has 0 aromatic heterocycles. The second-order valence-electron chi connectivity index (χ2n) is 9.40. The summed E-state index contributed by atoms with van der Waals surface area (Å²) in [5, 5.41) is 10.2. The summed E-state index contributed by atoms with van der Waals surface area (Å²) >= 11 is 0. The van der Waals surface area contributed by atoms with Crippen molar-refractivity contribution < 1.29 is 9.59 Å². The normalized spacial score (nSPS) is 20.2. The van der Waals surface area contributed by atoms with E-state index in [1.807, 2.05) is 6.92 Å². The van der Waals surface area contributed by atoms with Crippen molar-refractivity contribution in [3.63, 3.8) is 0 Å². The molecule has 0 bridgehead atoms. The summed E-state index contributed by atoms with van der Waals surface area (Å²) in [4.78, 5) is 4.71. The lowest BCUT2D eigenvalue weighted by Crippen LogP contribution is -2.56. The Morgan fingerprint density at radius 2 is 1.30 bits per heavy atom. The van der Waals surface area contributed by atoms with Crippen molar-refractivity contribution in [3.05, 3.63) is 12.2 Å². The van der Waals surface area contributed by atoms with Gasteiger partial charge in [-0.3, -0.25) is 4.48 Å². The molecule has 1 heterocycles. The fourth-order valence-corrected chi connectivity index (χ4v) is 4.82. The smallest absolute Gasteiger partial charge is 0.200 e. The molecule has 0 saturated heterocycles. The van der Waals surface area contributed by atoms with Crippen molar-refractivity contribution in [1.29, 1.82) is 0 Å². The highest BCUT2D eigenvalue weighted by Crippen LogP contribution is 2.22. The van der Waals surface area contributed by atoms with Crippen LogP contribution in [-0.4, -0.2) is 41.3 Å². The van der Waals surface area contributed by atoms with Crippen molar-refractivity contribution in [3.8, 4) is 0 Å². The van der Waals surface area contributed by atoms with Gasteiger partial charge in [-0.15, -0.1) is 0 Å². The average molecular weight is 422 g/mol. The van der Waals surface area contributed by atoms with Crippen LogP contribution in [0, 0.1) is 0 Å². The first-order valence-electron chi connectivity index (χ1n) is 13.4. The maximum atomic E-state index is 10.2. The zero-order valence-corrected chi connectivity index (χ0v) is 20.7. The van der Waals surface area contributed by atoms with E-state index in [-0.39, 0.29) is 6.23 Å². The van der Waals surface area contributed by atoms with Crippen molar-refractivity contribution in [2.24, 2.45) is 4.99 Å². The van der Waals surface area contributed by atoms with Gasteiger partial charge < -0.3 is 5.11 Å². The number of allylic oxidation sites excluding steroid dienone is 2. The van der Waals surface area contributed by atoms with Crippen molar-refractivity contribution in [2.45, 2.75) is 136 Å². The standard InChI is InChI=1S/C27H53N2O/c1-4-6-7-8-9-10-11-12-13-14-15-16-17-18-19-20-21-22-23-27-28-24-25-29(27,5-2)26(3)30/h17-18,26,30H,4-16,19-25H2,1-3H3/q+1/b18-17+. The first-order chi connectivity index (χ1) is 14.7. The van der Waals surface area contributed by atoms with E-state index in [1.54, 1.807) is 0 Å². The topological polar surface area (TPSA) is 32.6 Å². The lowest BCUT2D eigenvalue weighted by Gasteiger charge is -2.36. The molecule has 1 aliphatic heterocycles. The lowest BCUT2D eigenvalue weighted by atomic mass is 10.1. The molecule has 0 aromatic rings. The molecule has 0 radical (unpaired) electrons. The highest BCUT2D eigenvalue weighted by molar-refractivity contribution is 5.76. The fraction of sp³-hybridized carbons (Fsp3) is 0.889. The van der Waals surface area contributed by atoms with Gasteiger partial charge >= 0.3 is 0 Å². The van der Waals surface area contributed by atoms with E-state index in [2.05, 4.69) is 26.0 Å². The van der Waals surface area contributed by atoms with E-state index in [1.165, 1.54) is 109 Å². The van der Waals surface area contributed by atoms with E-state index in [9.17, 15) is 5.11 Å². The Morgan fingerprint density at radius 3 is 1.80 bits per heavy atom. The van der Waals surface area contributed by atoms with Crippen LogP contribution >= 0.6 is 0 Å². The van der Waals surface area contributed by atoms with E-state index in [0.717, 1.165) is 26.1 Å². The largest absolute Gasteiger partial charge is 0.345 e. The van der Waals surface area contributed by atoms with Gasteiger partial charge in [0.2, 0.25) is 5.84 Å². The van der Waals surface area contributed by atoms with Gasteiger partial charge in [-0.25, -0.2) is 4.99 Å². The molecule has 30 heavy (non-hydrogen) atoms. The third-order valence-corrected chi connectivity index (χ3v) is 7.00. The number of aliphatic imine (C=N–C) groups is 1. The van der Waals surface area contributed by atoms with E-state index < -0.39 is 0 Å². The molecule has 2 atom stereocenters. The average Bonchev–Trinajstić information content (AvgIpc) is 3.17. The molecule has 0 aliphatic carbocycles. The van der Waals surface area contributed by atoms with Crippen molar-refractivity contribution >= 4 is 5.84 Å². The number of likely N-dealkylation sites (N-methyl/N-ethyl adjacent to an activating group) is 1. The molecule has 3 heteroatoms. The van der Waals surface area contributed by atoms with Gasteiger partial charge in [0.05, 0.1) is 13.1 Å². The number of aliphatic hydroxyl groups excluding tert-OH is 1. The number of quaternary nitrogens is 1. The molecule has 0 spiro atoms. The predicted molar refractivity (Wildman–Crippen MR) is 133 cm³/mol. The summed E-state index contributed by atoms with van der Waals surface area (Å²) in [7, 11) is 0. The number of unbranched alkanes of at least 4 members (excludes halogenated alkanes) is 14. The summed E-state index contributed by atoms with van der Waals surface area (Å²) in [6.07, 6.45) is 27.4. The molecule has 0 amide bonds. The summed E-state index contributed by atoms with van der Waals surface area (Å²) in [5.41, 5.74) is 0. The van der Waals surface area contributed by atoms with Crippen molar-refractivity contribution in [1.82, 2.24) is 0 Å². The number of amidine groups is 1. The van der Waals surface area contributed by atoms with Crippen LogP contribution in [0.25, 0.3) is 0 Å². The third-order valence-electron chi connectivity index (χ3n) is 7.00. The molecule has 1 rings (SSSR count). The monoisotopic (exact) mass is 421 g/mol. The maximum absolute atomic E-state index is 10.2. The number of hydrogen-bond acceptors (Lipinski definition) is 2. The Hall–Kier alpha value is -0.670. The van der Waals surface area contributed by atoms with Gasteiger partial charge in [0.25, 0.3) is 0 Å². The summed E-state index contributed by atoms with van der Waals surface area (Å²) in [6.45, 7) is 9.20. The maximum Gasteiger partial charge on any atom is 0.200 e. The molecule has 3 nitrogen and oxygen atoms in total. The Morgan fingerprint density at radius 1 is 0.800 bits per heavy atom. The predicted octanol–water partition coefficient (Wildman–Crippen LogP) is 7.78. The zero-order chi connectivity index (χ0) is 21.9. The third kappa shape index (κ3) is 11.1. The first-order valence-corrected chi connectivity index (χ1v) is 13.4. The van der Waals surface area contributed by atoms with Crippen LogP contribution in [0.5, 0.6) is 0 Å². The van der Waals surface area contributed by atoms with E-state index in [0.29, 0.717) is 4.48 Å². The lowest BCUT2D eigenvalue weighted by molar-refractivity contribution is -0.882. The van der Waals surface area contributed by atoms with Crippen LogP contribution < -0.4 is 0 Å². The van der Waals surface area contributed by atoms with Crippen molar-refractivity contribution in [2.75, 3.05) is 19.6 Å². The van der Waals surface area contributed by atoms with Crippen LogP contribution in [-0.2, 0) is 0 Å². The van der Waals surface area contributed by atoms with Gasteiger partial charge in [0, 0.05) is 13.3 Å². The first kappa shape index (κ1) is 27.4. The number of aliphatic hydroxyl groups is 1. The van der Waals surface area contributed by atoms with E-state index >= 15 is 0 Å². The molecule has 2 unspecified atom stereocenters. The number of hydrogen-bond donors (Lipinski definition) is 1. The Balaban J connectivity index is 1.89. The minimum Gasteiger partial charge on any atom is -0.345 e. The summed E-state index contributed by atoms with van der Waals surface area (Å²) in [5.74, 6) is 1.24. The molecule has 1 aliphatic rings. The molecular weight excluding hydrogens is 368 g/mol. The van der Waals surface area contributed by atoms with Crippen LogP contribution in [0.15, 0.2) is 17.1 Å². The number of rotatable bonds is 20. The highest BCUT2D eigenvalue weighted by atomic mass is 16.3. The molecule has 176 valence electrons.